The third kappa shape index (κ3) is 6.58. The molecule has 1 aliphatic rings. The number of hydrogen-bond donors (Lipinski definition) is 2. The van der Waals surface area contributed by atoms with E-state index in [-0.39, 0.29) is 37.1 Å². The van der Waals surface area contributed by atoms with Crippen LogP contribution >= 0.6 is 0 Å². The largest absolute Gasteiger partial charge is 0.511 e. The number of rotatable bonds is 7. The van der Waals surface area contributed by atoms with Crippen LogP contribution in [0, 0.1) is 5.92 Å². The standard InChI is InChI=1S/C13H25F3N4O4S2/c1-3-25(21,22)9-6-18-12(17-2)19-10-11-4-7-20(8-5-11)26(23,24)13(14,15)16/h11H,3-10H2,1-2H3,(H2,17,18,19). The molecule has 0 aromatic rings. The average Bonchev–Trinajstić information content (AvgIpc) is 2.57. The number of sulfonamides is 1. The molecule has 154 valence electrons. The highest BCUT2D eigenvalue weighted by molar-refractivity contribution is 7.91. The average molecular weight is 422 g/mol. The van der Waals surface area contributed by atoms with Gasteiger partial charge in [0, 0.05) is 39.0 Å². The van der Waals surface area contributed by atoms with Crippen molar-refractivity contribution in [2.45, 2.75) is 25.3 Å². The van der Waals surface area contributed by atoms with Gasteiger partial charge < -0.3 is 10.6 Å². The van der Waals surface area contributed by atoms with Gasteiger partial charge in [-0.3, -0.25) is 4.99 Å². The van der Waals surface area contributed by atoms with Crippen LogP contribution in [0.15, 0.2) is 4.99 Å². The Balaban J connectivity index is 2.41. The van der Waals surface area contributed by atoms with E-state index in [1.54, 1.807) is 6.92 Å². The van der Waals surface area contributed by atoms with Crippen molar-refractivity contribution in [1.29, 1.82) is 0 Å². The molecule has 0 spiro atoms. The third-order valence-corrected chi connectivity index (χ3v) is 7.47. The number of aliphatic imine (C=N–C) groups is 1. The van der Waals surface area contributed by atoms with Crippen LogP contribution in [0.25, 0.3) is 0 Å². The summed E-state index contributed by atoms with van der Waals surface area (Å²) in [7, 11) is -6.84. The van der Waals surface area contributed by atoms with E-state index in [0.29, 0.717) is 29.7 Å². The molecule has 8 nitrogen and oxygen atoms in total. The fourth-order valence-corrected chi connectivity index (χ4v) is 4.12. The highest BCUT2D eigenvalue weighted by Gasteiger charge is 2.50. The highest BCUT2D eigenvalue weighted by atomic mass is 32.2. The second-order valence-corrected chi connectivity index (χ2v) is 10.3. The van der Waals surface area contributed by atoms with Crippen LogP contribution in [-0.4, -0.2) is 77.3 Å². The summed E-state index contributed by atoms with van der Waals surface area (Å²) in [4.78, 5) is 3.95. The van der Waals surface area contributed by atoms with Gasteiger partial charge in [0.25, 0.3) is 0 Å². The fourth-order valence-electron chi connectivity index (χ4n) is 2.43. The van der Waals surface area contributed by atoms with E-state index in [2.05, 4.69) is 15.6 Å². The van der Waals surface area contributed by atoms with Crippen molar-refractivity contribution in [2.75, 3.05) is 44.7 Å². The number of guanidine groups is 1. The number of nitrogens with one attached hydrogen (secondary N) is 2. The summed E-state index contributed by atoms with van der Waals surface area (Å²) in [6.45, 7) is 1.79. The lowest BCUT2D eigenvalue weighted by Crippen LogP contribution is -2.47. The summed E-state index contributed by atoms with van der Waals surface area (Å²) >= 11 is 0. The van der Waals surface area contributed by atoms with Crippen molar-refractivity contribution in [1.82, 2.24) is 14.9 Å². The Morgan fingerprint density at radius 3 is 2.19 bits per heavy atom. The first kappa shape index (κ1) is 23.0. The molecular formula is C13H25F3N4O4S2. The molecule has 0 aromatic heterocycles. The Morgan fingerprint density at radius 1 is 1.15 bits per heavy atom. The predicted molar refractivity (Wildman–Crippen MR) is 93.0 cm³/mol. The molecule has 1 rings (SSSR count). The number of hydrogen-bond acceptors (Lipinski definition) is 5. The minimum absolute atomic E-state index is 0.00684. The lowest BCUT2D eigenvalue weighted by Gasteiger charge is -2.31. The minimum atomic E-state index is -5.27. The van der Waals surface area contributed by atoms with Gasteiger partial charge >= 0.3 is 15.5 Å². The van der Waals surface area contributed by atoms with Crippen LogP contribution in [-0.2, 0) is 19.9 Å². The van der Waals surface area contributed by atoms with Crippen LogP contribution in [0.3, 0.4) is 0 Å². The molecule has 1 aliphatic heterocycles. The van der Waals surface area contributed by atoms with E-state index in [9.17, 15) is 30.0 Å². The van der Waals surface area contributed by atoms with E-state index < -0.39 is 25.4 Å². The van der Waals surface area contributed by atoms with E-state index >= 15 is 0 Å². The Bertz CT molecular complexity index is 685. The van der Waals surface area contributed by atoms with Gasteiger partial charge in [0.1, 0.15) is 0 Å². The molecule has 1 fully saturated rings. The molecule has 2 N–H and O–H groups in total. The summed E-state index contributed by atoms with van der Waals surface area (Å²) < 4.78 is 83.6. The zero-order valence-corrected chi connectivity index (χ0v) is 16.3. The molecule has 0 aromatic carbocycles. The van der Waals surface area contributed by atoms with Crippen molar-refractivity contribution in [3.63, 3.8) is 0 Å². The predicted octanol–water partition coefficient (Wildman–Crippen LogP) is 0.148. The molecule has 1 saturated heterocycles. The SMILES string of the molecule is CCS(=O)(=O)CCNC(=NC)NCC1CCN(S(=O)(=O)C(F)(F)F)CC1. The van der Waals surface area contributed by atoms with Crippen LogP contribution in [0.1, 0.15) is 19.8 Å². The van der Waals surface area contributed by atoms with Crippen molar-refractivity contribution >= 4 is 25.8 Å². The van der Waals surface area contributed by atoms with Crippen LogP contribution < -0.4 is 10.6 Å². The zero-order valence-electron chi connectivity index (χ0n) is 14.7. The molecular weight excluding hydrogens is 397 g/mol. The fraction of sp³-hybridized carbons (Fsp3) is 0.923. The molecule has 0 aliphatic carbocycles. The lowest BCUT2D eigenvalue weighted by molar-refractivity contribution is -0.0496. The maximum Gasteiger partial charge on any atom is 0.511 e. The number of piperidine rings is 1. The van der Waals surface area contributed by atoms with Gasteiger partial charge in [0.05, 0.1) is 5.75 Å². The highest BCUT2D eigenvalue weighted by Crippen LogP contribution is 2.30. The quantitative estimate of drug-likeness (QED) is 0.447. The molecule has 13 heteroatoms. The molecule has 0 atom stereocenters. The number of halogens is 3. The van der Waals surface area contributed by atoms with Gasteiger partial charge in [-0.1, -0.05) is 6.92 Å². The molecule has 26 heavy (non-hydrogen) atoms. The first-order valence-electron chi connectivity index (χ1n) is 8.14. The van der Waals surface area contributed by atoms with Crippen molar-refractivity contribution in [2.24, 2.45) is 10.9 Å². The van der Waals surface area contributed by atoms with E-state index in [0.717, 1.165) is 0 Å². The van der Waals surface area contributed by atoms with E-state index in [1.165, 1.54) is 7.05 Å². The summed E-state index contributed by atoms with van der Waals surface area (Å²) in [5, 5.41) is 5.84. The van der Waals surface area contributed by atoms with Crippen molar-refractivity contribution < 1.29 is 30.0 Å². The maximum atomic E-state index is 12.5. The molecule has 0 radical (unpaired) electrons. The Labute approximate surface area is 152 Å². The Hall–Kier alpha value is -1.08. The first-order valence-corrected chi connectivity index (χ1v) is 11.4. The molecule has 0 unspecified atom stereocenters. The third-order valence-electron chi connectivity index (χ3n) is 4.13. The van der Waals surface area contributed by atoms with Gasteiger partial charge in [0.2, 0.25) is 0 Å². The molecule has 1 heterocycles. The van der Waals surface area contributed by atoms with Crippen LogP contribution in [0.4, 0.5) is 13.2 Å². The van der Waals surface area contributed by atoms with E-state index in [4.69, 9.17) is 0 Å². The van der Waals surface area contributed by atoms with Crippen molar-refractivity contribution in [3.8, 4) is 0 Å². The monoisotopic (exact) mass is 422 g/mol. The second kappa shape index (κ2) is 9.22. The van der Waals surface area contributed by atoms with Gasteiger partial charge in [-0.05, 0) is 18.8 Å². The molecule has 0 bridgehead atoms. The molecule has 0 saturated carbocycles. The minimum Gasteiger partial charge on any atom is -0.356 e. The van der Waals surface area contributed by atoms with Gasteiger partial charge in [-0.2, -0.15) is 17.5 Å². The maximum absolute atomic E-state index is 12.5. The zero-order chi connectivity index (χ0) is 20.0. The Morgan fingerprint density at radius 2 is 1.73 bits per heavy atom. The summed E-state index contributed by atoms with van der Waals surface area (Å²) in [6, 6.07) is 0. The number of nitrogens with zero attached hydrogens (tertiary/aromatic N) is 2. The molecule has 0 amide bonds. The second-order valence-electron chi connectivity index (χ2n) is 5.91. The Kier molecular flexibility index (Phi) is 8.14. The van der Waals surface area contributed by atoms with Gasteiger partial charge in [-0.25, -0.2) is 16.8 Å². The number of sulfone groups is 1. The topological polar surface area (TPSA) is 108 Å². The van der Waals surface area contributed by atoms with Crippen molar-refractivity contribution in [3.05, 3.63) is 0 Å². The van der Waals surface area contributed by atoms with Crippen LogP contribution in [0.5, 0.6) is 0 Å². The first-order chi connectivity index (χ1) is 11.9. The smallest absolute Gasteiger partial charge is 0.356 e. The van der Waals surface area contributed by atoms with Crippen LogP contribution in [0.2, 0.25) is 0 Å². The van der Waals surface area contributed by atoms with Gasteiger partial charge in [0.15, 0.2) is 15.8 Å². The normalized spacial score (nSPS) is 18.7. The van der Waals surface area contributed by atoms with E-state index in [1.807, 2.05) is 0 Å². The summed E-state index contributed by atoms with van der Waals surface area (Å²) in [5.41, 5.74) is -5.27. The summed E-state index contributed by atoms with van der Waals surface area (Å²) in [5.74, 6) is 0.409. The summed E-state index contributed by atoms with van der Waals surface area (Å²) in [6.07, 6.45) is 0.590. The number of alkyl halides is 3. The van der Waals surface area contributed by atoms with Gasteiger partial charge in [-0.15, -0.1) is 0 Å². The lowest BCUT2D eigenvalue weighted by atomic mass is 9.98.